The van der Waals surface area contributed by atoms with Crippen molar-refractivity contribution in [3.8, 4) is 23.3 Å². The highest BCUT2D eigenvalue weighted by atomic mass is 19.4. The number of hydrogen-bond donors (Lipinski definition) is 4. The second-order valence-electron chi connectivity index (χ2n) is 13.1. The normalized spacial score (nSPS) is 16.6. The number of H-pyrrole nitrogens is 1. The summed E-state index contributed by atoms with van der Waals surface area (Å²) in [5, 5.41) is 15.6. The Morgan fingerprint density at radius 3 is 2.11 bits per heavy atom. The third-order valence-electron chi connectivity index (χ3n) is 9.34. The van der Waals surface area contributed by atoms with Crippen LogP contribution in [0, 0.1) is 11.8 Å². The van der Waals surface area contributed by atoms with Gasteiger partial charge in [-0.25, -0.2) is 4.79 Å². The van der Waals surface area contributed by atoms with Crippen LogP contribution in [0.1, 0.15) is 60.6 Å². The molecule has 4 N–H and O–H groups in total. The van der Waals surface area contributed by atoms with Gasteiger partial charge in [0.15, 0.2) is 0 Å². The van der Waals surface area contributed by atoms with Crippen molar-refractivity contribution in [1.29, 1.82) is 0 Å². The van der Waals surface area contributed by atoms with E-state index in [9.17, 15) is 37.5 Å². The molecule has 1 aromatic heterocycles. The molecule has 3 atom stereocenters. The van der Waals surface area contributed by atoms with Crippen LogP contribution in [-0.4, -0.2) is 78.8 Å². The number of amides is 2. The zero-order valence-corrected chi connectivity index (χ0v) is 31.3. The molecule has 4 aromatic rings. The number of carbonyl (C=O) groups excluding carboxylic acids is 2. The zero-order chi connectivity index (χ0) is 41.0. The van der Waals surface area contributed by atoms with Crippen molar-refractivity contribution in [1.82, 2.24) is 20.2 Å². The average Bonchev–Trinajstić information content (AvgIpc) is 3.58. The maximum atomic E-state index is 13.0. The summed E-state index contributed by atoms with van der Waals surface area (Å²) in [5.41, 5.74) is -0.445. The summed E-state index contributed by atoms with van der Waals surface area (Å²) in [6.45, 7) is -0.391. The fraction of sp³-hybridized carbons (Fsp3) is 0.366. The minimum Gasteiger partial charge on any atom is -0.497 e. The molecule has 0 aliphatic carbocycles. The highest BCUT2D eigenvalue weighted by Gasteiger charge is 2.42. The number of aliphatic hydroxyl groups excluding tert-OH is 1. The van der Waals surface area contributed by atoms with Crippen LogP contribution in [0.4, 0.5) is 13.2 Å². The number of aromatic nitrogens is 2. The minimum atomic E-state index is -4.94. The van der Waals surface area contributed by atoms with Crippen LogP contribution >= 0.6 is 0 Å². The number of methoxy groups -OCH3 is 2. The third-order valence-corrected chi connectivity index (χ3v) is 9.34. The summed E-state index contributed by atoms with van der Waals surface area (Å²) in [4.78, 5) is 50.8. The number of carbonyl (C=O) groups is 2. The van der Waals surface area contributed by atoms with Crippen LogP contribution in [0.3, 0.4) is 0 Å². The second kappa shape index (κ2) is 19.3. The molecule has 0 saturated carbocycles. The van der Waals surface area contributed by atoms with Gasteiger partial charge < -0.3 is 34.7 Å². The Labute approximate surface area is 326 Å². The van der Waals surface area contributed by atoms with E-state index in [-0.39, 0.29) is 50.4 Å². The molecule has 5 rings (SSSR count). The average molecular weight is 793 g/mol. The Morgan fingerprint density at radius 2 is 1.51 bits per heavy atom. The molecule has 1 saturated heterocycles. The molecule has 1 aliphatic heterocycles. The van der Waals surface area contributed by atoms with Crippen molar-refractivity contribution < 1.29 is 46.8 Å². The molecule has 16 heteroatoms. The Morgan fingerprint density at radius 1 is 0.895 bits per heavy atom. The summed E-state index contributed by atoms with van der Waals surface area (Å²) in [6.07, 6.45) is -5.49. The van der Waals surface area contributed by atoms with Crippen LogP contribution in [-0.2, 0) is 24.7 Å². The highest BCUT2D eigenvalue weighted by Crippen LogP contribution is 2.42. The van der Waals surface area contributed by atoms with Crippen molar-refractivity contribution >= 4 is 11.8 Å². The SMILES string of the molecule is COc1ccc(C(OC[C@H]2O[C@@H](n3cc(C#CCNC(=O)CCCCCNC(=O)C(F)(F)F)c(=O)[nH]c3=O)C[C@@H]2O)(c2ccccc2)c2ccc(OC)cc2)cc1. The molecular weight excluding hydrogens is 749 g/mol. The first-order valence-electron chi connectivity index (χ1n) is 18.1. The number of benzene rings is 3. The van der Waals surface area contributed by atoms with Gasteiger partial charge in [0.05, 0.1) is 33.5 Å². The second-order valence-corrected chi connectivity index (χ2v) is 13.1. The molecule has 2 amide bonds. The lowest BCUT2D eigenvalue weighted by Gasteiger charge is -2.37. The van der Waals surface area contributed by atoms with Gasteiger partial charge in [-0.1, -0.05) is 72.9 Å². The van der Waals surface area contributed by atoms with E-state index in [2.05, 4.69) is 22.1 Å². The molecule has 2 heterocycles. The number of hydrogen-bond acceptors (Lipinski definition) is 9. The molecule has 3 aromatic carbocycles. The lowest BCUT2D eigenvalue weighted by atomic mass is 9.80. The van der Waals surface area contributed by atoms with Crippen molar-refractivity contribution in [2.45, 2.75) is 62.3 Å². The van der Waals surface area contributed by atoms with Crippen molar-refractivity contribution in [3.05, 3.63) is 128 Å². The zero-order valence-electron chi connectivity index (χ0n) is 31.3. The van der Waals surface area contributed by atoms with Crippen LogP contribution < -0.4 is 31.4 Å². The van der Waals surface area contributed by atoms with Gasteiger partial charge >= 0.3 is 17.8 Å². The van der Waals surface area contributed by atoms with E-state index in [4.69, 9.17) is 18.9 Å². The van der Waals surface area contributed by atoms with Gasteiger partial charge in [-0.2, -0.15) is 13.2 Å². The summed E-state index contributed by atoms with van der Waals surface area (Å²) in [7, 11) is 3.16. The van der Waals surface area contributed by atoms with E-state index >= 15 is 0 Å². The number of ether oxygens (including phenoxy) is 4. The molecule has 0 unspecified atom stereocenters. The molecular formula is C41H43F3N4O9. The van der Waals surface area contributed by atoms with Gasteiger partial charge in [0.25, 0.3) is 5.56 Å². The molecule has 0 spiro atoms. The van der Waals surface area contributed by atoms with E-state index in [1.807, 2.05) is 78.9 Å². The van der Waals surface area contributed by atoms with Gasteiger partial charge in [-0.05, 0) is 53.8 Å². The Kier molecular flexibility index (Phi) is 14.3. The number of rotatable bonds is 16. The molecule has 302 valence electrons. The first kappa shape index (κ1) is 42.3. The van der Waals surface area contributed by atoms with Crippen LogP contribution in [0.25, 0.3) is 0 Å². The van der Waals surface area contributed by atoms with E-state index in [0.717, 1.165) is 21.3 Å². The van der Waals surface area contributed by atoms with Crippen molar-refractivity contribution in [2.24, 2.45) is 0 Å². The predicted octanol–water partition coefficient (Wildman–Crippen LogP) is 3.92. The van der Waals surface area contributed by atoms with Gasteiger partial charge in [-0.3, -0.25) is 23.9 Å². The fourth-order valence-electron chi connectivity index (χ4n) is 6.37. The monoisotopic (exact) mass is 792 g/mol. The third kappa shape index (κ3) is 10.7. The summed E-state index contributed by atoms with van der Waals surface area (Å²) in [6, 6.07) is 24.5. The van der Waals surface area contributed by atoms with E-state index < -0.39 is 47.4 Å². The number of aromatic amines is 1. The van der Waals surface area contributed by atoms with Crippen LogP contribution in [0.15, 0.2) is 94.6 Å². The number of nitrogens with one attached hydrogen (secondary N) is 3. The molecule has 0 bridgehead atoms. The summed E-state index contributed by atoms with van der Waals surface area (Å²) in [5.74, 6) is 4.25. The van der Waals surface area contributed by atoms with E-state index in [0.29, 0.717) is 24.3 Å². The van der Waals surface area contributed by atoms with Gasteiger partial charge in [-0.15, -0.1) is 0 Å². The largest absolute Gasteiger partial charge is 0.497 e. The van der Waals surface area contributed by atoms with Gasteiger partial charge in [0.2, 0.25) is 5.91 Å². The number of halogens is 3. The Hall–Kier alpha value is -5.89. The first-order chi connectivity index (χ1) is 27.3. The highest BCUT2D eigenvalue weighted by molar-refractivity contribution is 5.81. The Bertz CT molecular complexity index is 2100. The van der Waals surface area contributed by atoms with E-state index in [1.54, 1.807) is 19.5 Å². The summed E-state index contributed by atoms with van der Waals surface area (Å²) >= 11 is 0. The number of unbranched alkanes of at least 4 members (excludes halogenated alkanes) is 2. The van der Waals surface area contributed by atoms with Crippen molar-refractivity contribution in [3.63, 3.8) is 0 Å². The lowest BCUT2D eigenvalue weighted by molar-refractivity contribution is -0.173. The number of aliphatic hydroxyl groups is 1. The van der Waals surface area contributed by atoms with Crippen molar-refractivity contribution in [2.75, 3.05) is 33.9 Å². The minimum absolute atomic E-state index is 0.00100. The molecule has 13 nitrogen and oxygen atoms in total. The maximum absolute atomic E-state index is 13.0. The lowest BCUT2D eigenvalue weighted by Crippen LogP contribution is -2.38. The quantitative estimate of drug-likeness (QED) is 0.0747. The maximum Gasteiger partial charge on any atom is 0.471 e. The van der Waals surface area contributed by atoms with Gasteiger partial charge in [0, 0.05) is 25.6 Å². The molecule has 1 fully saturated rings. The smallest absolute Gasteiger partial charge is 0.471 e. The topological polar surface area (TPSA) is 170 Å². The summed E-state index contributed by atoms with van der Waals surface area (Å²) < 4.78 is 61.8. The standard InChI is InChI=1S/C41H43F3N4O9/c1-54-31-18-14-29(15-19-31)40(28-11-5-3-6-12-28,30-16-20-32(55-2)21-17-30)56-26-34-33(49)24-36(57-34)48-25-27(37(51)47-39(48)53)10-9-23-45-35(50)13-7-4-8-22-46-38(52)41(42,43)44/h3,5-6,11-12,14-21,25,33-34,36,49H,4,7-8,13,22-24,26H2,1-2H3,(H,45,50)(H,46,52)(H,47,51,53)/t33-,34+,36+/m0/s1. The molecule has 57 heavy (non-hydrogen) atoms. The number of nitrogens with zero attached hydrogens (tertiary/aromatic N) is 1. The van der Waals surface area contributed by atoms with Crippen LogP contribution in [0.2, 0.25) is 0 Å². The van der Waals surface area contributed by atoms with E-state index in [1.165, 1.54) is 6.20 Å². The first-order valence-corrected chi connectivity index (χ1v) is 18.1. The molecule has 0 radical (unpaired) electrons. The van der Waals surface area contributed by atoms with Gasteiger partial charge in [0.1, 0.15) is 35.0 Å². The fourth-order valence-corrected chi connectivity index (χ4v) is 6.37. The number of alkyl halides is 3. The predicted molar refractivity (Wildman–Crippen MR) is 202 cm³/mol. The van der Waals surface area contributed by atoms with Crippen LogP contribution in [0.5, 0.6) is 11.5 Å². The Balaban J connectivity index is 1.26. The molecule has 1 aliphatic rings.